The molecule has 200 valence electrons. The molecule has 0 fully saturated rings. The summed E-state index contributed by atoms with van der Waals surface area (Å²) in [6.45, 7) is 10.1. The van der Waals surface area contributed by atoms with Gasteiger partial charge in [0.1, 0.15) is 11.7 Å². The standard InChI is InChI=1S/C29H38N2O6/c1-7-35-27(33)24-14-23-21(18(2)3)10-8-19(4)22(23)15-25(28(5)12-13-29(24,34)37-28)36-26(32)11-9-20-16-31(6)17-30-20/h8-9,11-14,16-18,21-23,25,34H,7,10,15H2,1-6H3/b11-9+,24-14-/t21-,22+,23-,25+,28+,29-/m1/s1. The van der Waals surface area contributed by atoms with Crippen LogP contribution in [0.15, 0.2) is 54.1 Å². The van der Waals surface area contributed by atoms with Crippen molar-refractivity contribution in [2.45, 2.75) is 65.0 Å². The number of ether oxygens (including phenoxy) is 3. The second-order valence-corrected chi connectivity index (χ2v) is 10.9. The van der Waals surface area contributed by atoms with E-state index in [1.165, 1.54) is 17.7 Å². The number of fused-ring (bicyclic) bond motifs is 3. The van der Waals surface area contributed by atoms with Crippen LogP contribution < -0.4 is 0 Å². The van der Waals surface area contributed by atoms with Gasteiger partial charge in [-0.1, -0.05) is 31.6 Å². The van der Waals surface area contributed by atoms with Crippen LogP contribution in [0.5, 0.6) is 0 Å². The summed E-state index contributed by atoms with van der Waals surface area (Å²) >= 11 is 0. The number of hydrogen-bond donors (Lipinski definition) is 1. The van der Waals surface area contributed by atoms with Gasteiger partial charge < -0.3 is 23.9 Å². The van der Waals surface area contributed by atoms with Crippen LogP contribution in [0.3, 0.4) is 0 Å². The predicted molar refractivity (Wildman–Crippen MR) is 139 cm³/mol. The number of aliphatic hydroxyl groups is 1. The lowest BCUT2D eigenvalue weighted by atomic mass is 9.65. The lowest BCUT2D eigenvalue weighted by Gasteiger charge is -2.41. The Morgan fingerprint density at radius 3 is 2.76 bits per heavy atom. The molecule has 0 amide bonds. The molecule has 2 bridgehead atoms. The number of aromatic nitrogens is 2. The fraction of sp³-hybridized carbons (Fsp3) is 0.552. The Hall–Kier alpha value is -2.97. The summed E-state index contributed by atoms with van der Waals surface area (Å²) in [6, 6.07) is 0. The van der Waals surface area contributed by atoms with Crippen LogP contribution in [0.1, 0.15) is 53.2 Å². The highest BCUT2D eigenvalue weighted by atomic mass is 16.7. The summed E-state index contributed by atoms with van der Waals surface area (Å²) in [5, 5.41) is 11.6. The lowest BCUT2D eigenvalue weighted by molar-refractivity contribution is -0.216. The first-order chi connectivity index (χ1) is 17.5. The Morgan fingerprint density at radius 1 is 1.35 bits per heavy atom. The molecule has 8 heteroatoms. The number of carbonyl (C=O) groups is 2. The Morgan fingerprint density at radius 2 is 2.11 bits per heavy atom. The molecule has 4 rings (SSSR count). The number of hydrogen-bond acceptors (Lipinski definition) is 7. The van der Waals surface area contributed by atoms with Crippen molar-refractivity contribution in [1.82, 2.24) is 9.55 Å². The van der Waals surface area contributed by atoms with E-state index in [2.05, 4.69) is 31.8 Å². The second-order valence-electron chi connectivity index (χ2n) is 10.9. The van der Waals surface area contributed by atoms with Crippen LogP contribution in [0.4, 0.5) is 0 Å². The Bertz CT molecular complexity index is 1160. The number of esters is 2. The molecule has 3 heterocycles. The molecule has 1 N–H and O–H groups in total. The molecule has 1 aromatic heterocycles. The molecule has 2 aliphatic heterocycles. The van der Waals surface area contributed by atoms with E-state index in [0.717, 1.165) is 6.42 Å². The molecular formula is C29H38N2O6. The topological polar surface area (TPSA) is 99.9 Å². The van der Waals surface area contributed by atoms with Crippen molar-refractivity contribution in [1.29, 1.82) is 0 Å². The molecule has 1 aliphatic carbocycles. The third kappa shape index (κ3) is 5.50. The van der Waals surface area contributed by atoms with Gasteiger partial charge in [-0.2, -0.15) is 0 Å². The molecule has 3 aliphatic rings. The molecule has 0 saturated heterocycles. The van der Waals surface area contributed by atoms with Crippen molar-refractivity contribution in [3.8, 4) is 0 Å². The monoisotopic (exact) mass is 510 g/mol. The summed E-state index contributed by atoms with van der Waals surface area (Å²) in [5.41, 5.74) is 0.727. The smallest absolute Gasteiger partial charge is 0.339 e. The van der Waals surface area contributed by atoms with Gasteiger partial charge in [0, 0.05) is 19.3 Å². The van der Waals surface area contributed by atoms with Crippen LogP contribution in [0, 0.1) is 23.7 Å². The van der Waals surface area contributed by atoms with E-state index in [-0.39, 0.29) is 29.9 Å². The van der Waals surface area contributed by atoms with Crippen molar-refractivity contribution in [2.75, 3.05) is 6.61 Å². The fourth-order valence-electron chi connectivity index (χ4n) is 5.75. The zero-order chi connectivity index (χ0) is 27.0. The average molecular weight is 511 g/mol. The van der Waals surface area contributed by atoms with E-state index in [1.54, 1.807) is 43.1 Å². The van der Waals surface area contributed by atoms with Gasteiger partial charge in [0.2, 0.25) is 5.79 Å². The first-order valence-electron chi connectivity index (χ1n) is 13.0. The van der Waals surface area contributed by atoms with Crippen LogP contribution in [-0.2, 0) is 30.8 Å². The van der Waals surface area contributed by atoms with Crippen molar-refractivity contribution in [3.05, 3.63) is 59.7 Å². The number of rotatable bonds is 6. The van der Waals surface area contributed by atoms with Gasteiger partial charge in [0.15, 0.2) is 0 Å². The largest absolute Gasteiger partial charge is 0.462 e. The van der Waals surface area contributed by atoms with Crippen molar-refractivity contribution in [2.24, 2.45) is 30.7 Å². The maximum atomic E-state index is 13.1. The van der Waals surface area contributed by atoms with Crippen LogP contribution in [0.25, 0.3) is 6.08 Å². The first-order valence-corrected chi connectivity index (χ1v) is 13.0. The van der Waals surface area contributed by atoms with Gasteiger partial charge in [-0.25, -0.2) is 14.6 Å². The van der Waals surface area contributed by atoms with Crippen molar-refractivity contribution < 1.29 is 28.9 Å². The van der Waals surface area contributed by atoms with Gasteiger partial charge in [-0.15, -0.1) is 0 Å². The predicted octanol–water partition coefficient (Wildman–Crippen LogP) is 4.13. The van der Waals surface area contributed by atoms with Gasteiger partial charge in [0.05, 0.1) is 24.2 Å². The van der Waals surface area contributed by atoms with Crippen LogP contribution >= 0.6 is 0 Å². The quantitative estimate of drug-likeness (QED) is 0.349. The summed E-state index contributed by atoms with van der Waals surface area (Å²) in [7, 11) is 1.85. The van der Waals surface area contributed by atoms with Gasteiger partial charge in [-0.3, -0.25) is 0 Å². The van der Waals surface area contributed by atoms with E-state index in [9.17, 15) is 14.7 Å². The minimum absolute atomic E-state index is 0.0140. The minimum Gasteiger partial charge on any atom is -0.462 e. The fourth-order valence-corrected chi connectivity index (χ4v) is 5.75. The highest BCUT2D eigenvalue weighted by molar-refractivity contribution is 5.91. The molecule has 0 saturated carbocycles. The Labute approximate surface area is 218 Å². The zero-order valence-electron chi connectivity index (χ0n) is 22.5. The van der Waals surface area contributed by atoms with Crippen LogP contribution in [0.2, 0.25) is 0 Å². The van der Waals surface area contributed by atoms with Gasteiger partial charge >= 0.3 is 11.9 Å². The molecule has 37 heavy (non-hydrogen) atoms. The van der Waals surface area contributed by atoms with E-state index in [4.69, 9.17) is 14.2 Å². The molecule has 6 atom stereocenters. The van der Waals surface area contributed by atoms with Crippen LogP contribution in [-0.4, -0.2) is 50.7 Å². The van der Waals surface area contributed by atoms with Crippen molar-refractivity contribution in [3.63, 3.8) is 0 Å². The highest BCUT2D eigenvalue weighted by Gasteiger charge is 2.54. The third-order valence-corrected chi connectivity index (χ3v) is 7.85. The van der Waals surface area contributed by atoms with E-state index in [0.29, 0.717) is 18.0 Å². The SMILES string of the molecule is CCOC(=O)/C1=C/[C@@H]2[C@@H](C(C)C)CC=C(C)[C@@H]2C[C@H](OC(=O)/C=C/c2cn(C)cn2)[C@]2(C)C=C[C@@]1(O)O2. The van der Waals surface area contributed by atoms with E-state index < -0.39 is 29.4 Å². The zero-order valence-corrected chi connectivity index (χ0v) is 22.5. The molecule has 1 aromatic rings. The number of carbonyl (C=O) groups excluding carboxylic acids is 2. The summed E-state index contributed by atoms with van der Waals surface area (Å²) in [4.78, 5) is 30.3. The average Bonchev–Trinajstić information content (AvgIpc) is 3.40. The van der Waals surface area contributed by atoms with E-state index >= 15 is 0 Å². The third-order valence-electron chi connectivity index (χ3n) is 7.85. The van der Waals surface area contributed by atoms with Gasteiger partial charge in [0.25, 0.3) is 0 Å². The van der Waals surface area contributed by atoms with E-state index in [1.807, 2.05) is 13.1 Å². The number of nitrogens with zero attached hydrogens (tertiary/aromatic N) is 2. The second kappa shape index (κ2) is 10.4. The van der Waals surface area contributed by atoms with Gasteiger partial charge in [-0.05, 0) is 75.5 Å². The lowest BCUT2D eigenvalue weighted by Crippen LogP contribution is -2.47. The highest BCUT2D eigenvalue weighted by Crippen LogP contribution is 2.49. The molecule has 0 radical (unpaired) electrons. The summed E-state index contributed by atoms with van der Waals surface area (Å²) in [6.07, 6.45) is 14.3. The maximum Gasteiger partial charge on any atom is 0.339 e. The molecule has 0 unspecified atom stereocenters. The Kier molecular flexibility index (Phi) is 7.62. The number of allylic oxidation sites excluding steroid dienone is 3. The molecule has 0 aromatic carbocycles. The summed E-state index contributed by atoms with van der Waals surface area (Å²) in [5.74, 6) is -2.65. The number of imidazole rings is 1. The van der Waals surface area contributed by atoms with Crippen molar-refractivity contribution >= 4 is 18.0 Å². The Balaban J connectivity index is 1.73. The first kappa shape index (κ1) is 27.1. The normalized spacial score (nSPS) is 34.7. The number of aryl methyl sites for hydroxylation is 1. The molecule has 8 nitrogen and oxygen atoms in total. The minimum atomic E-state index is -1.99. The maximum absolute atomic E-state index is 13.1. The summed E-state index contributed by atoms with van der Waals surface area (Å²) < 4.78 is 19.3. The molecule has 0 spiro atoms. The molecular weight excluding hydrogens is 472 g/mol.